The number of nitrogens with zero attached hydrogens (tertiary/aromatic N) is 1. The quantitative estimate of drug-likeness (QED) is 0.598. The first-order valence-electron chi connectivity index (χ1n) is 7.48. The molecule has 0 spiro atoms. The predicted molar refractivity (Wildman–Crippen MR) is 76.9 cm³/mol. The monoisotopic (exact) mass is 241 g/mol. The van der Waals surface area contributed by atoms with Crippen molar-refractivity contribution < 1.29 is 0 Å². The molecule has 1 aliphatic rings. The van der Waals surface area contributed by atoms with E-state index >= 15 is 0 Å². The lowest BCUT2D eigenvalue weighted by molar-refractivity contribution is 0.229. The first-order chi connectivity index (χ1) is 7.76. The number of hydrogen-bond acceptors (Lipinski definition) is 1. The Kier molecular flexibility index (Phi) is 6.67. The lowest BCUT2D eigenvalue weighted by Crippen LogP contribution is -2.34. The lowest BCUT2D eigenvalue weighted by Gasteiger charge is -2.31. The zero-order valence-electron chi connectivity index (χ0n) is 11.7. The van der Waals surface area contributed by atoms with Gasteiger partial charge < -0.3 is 4.90 Å². The molecule has 2 heteroatoms. The number of rotatable bonds is 7. The molecule has 0 amide bonds. The minimum Gasteiger partial charge on any atom is -0.303 e. The highest BCUT2D eigenvalue weighted by Gasteiger charge is 2.25. The predicted octanol–water partition coefficient (Wildman–Crippen LogP) is 4.37. The minimum atomic E-state index is -0.829. The summed E-state index contributed by atoms with van der Waals surface area (Å²) in [6.45, 7) is 11.4. The number of hydrogen-bond donors (Lipinski definition) is 0. The second kappa shape index (κ2) is 7.49. The first-order valence-corrected chi connectivity index (χ1v) is 10.3. The highest BCUT2D eigenvalue weighted by molar-refractivity contribution is 6.79. The lowest BCUT2D eigenvalue weighted by atomic mass is 10.1. The normalized spacial score (nSPS) is 18.9. The molecule has 1 nitrogen and oxygen atoms in total. The zero-order chi connectivity index (χ0) is 11.9. The summed E-state index contributed by atoms with van der Waals surface area (Å²) in [6, 6.07) is 6.08. The fourth-order valence-electron chi connectivity index (χ4n) is 3.14. The van der Waals surface area contributed by atoms with Gasteiger partial charge in [-0.2, -0.15) is 0 Å². The third-order valence-electron chi connectivity index (χ3n) is 4.88. The number of likely N-dealkylation sites (tertiary alicyclic amines) is 1. The van der Waals surface area contributed by atoms with E-state index in [2.05, 4.69) is 25.7 Å². The average molecular weight is 241 g/mol. The summed E-state index contributed by atoms with van der Waals surface area (Å²) in [5, 5.41) is 0. The molecule has 0 radical (unpaired) electrons. The Morgan fingerprint density at radius 3 is 1.94 bits per heavy atom. The van der Waals surface area contributed by atoms with Gasteiger partial charge in [0, 0.05) is 0 Å². The Morgan fingerprint density at radius 2 is 1.44 bits per heavy atom. The fourth-order valence-corrected chi connectivity index (χ4v) is 6.61. The van der Waals surface area contributed by atoms with Crippen LogP contribution in [0.2, 0.25) is 24.2 Å². The van der Waals surface area contributed by atoms with Crippen molar-refractivity contribution in [2.24, 2.45) is 0 Å². The van der Waals surface area contributed by atoms with E-state index in [1.165, 1.54) is 63.4 Å². The molecular formula is C14H31NSi. The van der Waals surface area contributed by atoms with E-state index in [-0.39, 0.29) is 0 Å². The van der Waals surface area contributed by atoms with Crippen LogP contribution in [-0.4, -0.2) is 32.6 Å². The molecule has 1 aliphatic heterocycles. The molecule has 0 atom stereocenters. The van der Waals surface area contributed by atoms with Crippen LogP contribution in [0.4, 0.5) is 0 Å². The van der Waals surface area contributed by atoms with Crippen molar-refractivity contribution in [3.8, 4) is 0 Å². The summed E-state index contributed by atoms with van der Waals surface area (Å²) in [7, 11) is -0.829. The molecule has 0 aliphatic carbocycles. The van der Waals surface area contributed by atoms with E-state index < -0.39 is 8.07 Å². The fraction of sp³-hybridized carbons (Fsp3) is 1.00. The topological polar surface area (TPSA) is 3.24 Å². The molecule has 0 unspecified atom stereocenters. The molecule has 0 bridgehead atoms. The summed E-state index contributed by atoms with van der Waals surface area (Å²) >= 11 is 0. The molecule has 0 aromatic rings. The van der Waals surface area contributed by atoms with Gasteiger partial charge in [0.05, 0.1) is 8.07 Å². The standard InChI is InChI=1S/C14H31NSi/c1-4-16(5-2,6-3)14-10-13-15-11-8-7-9-12-15/h4-14H2,1-3H3. The minimum absolute atomic E-state index is 0.829. The van der Waals surface area contributed by atoms with E-state index in [1.807, 2.05) is 0 Å². The van der Waals surface area contributed by atoms with Crippen LogP contribution in [0.25, 0.3) is 0 Å². The van der Waals surface area contributed by atoms with Crippen LogP contribution in [0, 0.1) is 0 Å². The van der Waals surface area contributed by atoms with Crippen molar-refractivity contribution in [3.05, 3.63) is 0 Å². The molecule has 0 N–H and O–H groups in total. The summed E-state index contributed by atoms with van der Waals surface area (Å²) in [5.41, 5.74) is 0. The van der Waals surface area contributed by atoms with Gasteiger partial charge in [0.1, 0.15) is 0 Å². The molecule has 1 rings (SSSR count). The summed E-state index contributed by atoms with van der Waals surface area (Å²) in [5.74, 6) is 0. The molecule has 16 heavy (non-hydrogen) atoms. The molecule has 1 saturated heterocycles. The molecule has 1 fully saturated rings. The SMILES string of the molecule is CC[Si](CC)(CC)CCCN1CCCCC1. The van der Waals surface area contributed by atoms with Crippen LogP contribution in [0.15, 0.2) is 0 Å². The van der Waals surface area contributed by atoms with Gasteiger partial charge in [0.2, 0.25) is 0 Å². The molecule has 0 saturated carbocycles. The average Bonchev–Trinajstić information content (AvgIpc) is 2.37. The van der Waals surface area contributed by atoms with Crippen molar-refractivity contribution in [2.45, 2.75) is 70.6 Å². The highest BCUT2D eigenvalue weighted by atomic mass is 28.3. The van der Waals surface area contributed by atoms with Crippen LogP contribution >= 0.6 is 0 Å². The summed E-state index contributed by atoms with van der Waals surface area (Å²) in [6.07, 6.45) is 5.83. The molecule has 0 aromatic carbocycles. The van der Waals surface area contributed by atoms with Crippen molar-refractivity contribution in [3.63, 3.8) is 0 Å². The third-order valence-corrected chi connectivity index (χ3v) is 10.8. The Bertz CT molecular complexity index is 163. The molecule has 0 aromatic heterocycles. The van der Waals surface area contributed by atoms with E-state index in [0.717, 1.165) is 0 Å². The molecule has 96 valence electrons. The van der Waals surface area contributed by atoms with Crippen LogP contribution in [0.3, 0.4) is 0 Å². The summed E-state index contributed by atoms with van der Waals surface area (Å²) in [4.78, 5) is 2.70. The van der Waals surface area contributed by atoms with E-state index in [9.17, 15) is 0 Å². The van der Waals surface area contributed by atoms with Crippen LogP contribution in [0.1, 0.15) is 46.5 Å². The van der Waals surface area contributed by atoms with Gasteiger partial charge in [-0.25, -0.2) is 0 Å². The maximum Gasteiger partial charge on any atom is 0.0528 e. The zero-order valence-corrected chi connectivity index (χ0v) is 12.7. The van der Waals surface area contributed by atoms with Gasteiger partial charge in [0.25, 0.3) is 0 Å². The Morgan fingerprint density at radius 1 is 0.875 bits per heavy atom. The second-order valence-corrected chi connectivity index (χ2v) is 11.2. The summed E-state index contributed by atoms with van der Waals surface area (Å²) < 4.78 is 0. The van der Waals surface area contributed by atoms with Crippen molar-refractivity contribution >= 4 is 8.07 Å². The molecular weight excluding hydrogens is 210 g/mol. The van der Waals surface area contributed by atoms with Gasteiger partial charge in [0.15, 0.2) is 0 Å². The van der Waals surface area contributed by atoms with Crippen LogP contribution in [0.5, 0.6) is 0 Å². The van der Waals surface area contributed by atoms with Gasteiger partial charge in [-0.3, -0.25) is 0 Å². The maximum atomic E-state index is 2.70. The van der Waals surface area contributed by atoms with E-state index in [4.69, 9.17) is 0 Å². The van der Waals surface area contributed by atoms with Crippen molar-refractivity contribution in [1.82, 2.24) is 4.90 Å². The van der Waals surface area contributed by atoms with Crippen LogP contribution < -0.4 is 0 Å². The highest BCUT2D eigenvalue weighted by Crippen LogP contribution is 2.26. The van der Waals surface area contributed by atoms with E-state index in [0.29, 0.717) is 0 Å². The van der Waals surface area contributed by atoms with Crippen molar-refractivity contribution in [2.75, 3.05) is 19.6 Å². The largest absolute Gasteiger partial charge is 0.303 e. The van der Waals surface area contributed by atoms with Gasteiger partial charge >= 0.3 is 0 Å². The second-order valence-electron chi connectivity index (χ2n) is 5.57. The number of piperidine rings is 1. The van der Waals surface area contributed by atoms with E-state index in [1.54, 1.807) is 6.04 Å². The first kappa shape index (κ1) is 14.2. The van der Waals surface area contributed by atoms with Crippen LogP contribution in [-0.2, 0) is 0 Å². The van der Waals surface area contributed by atoms with Gasteiger partial charge in [-0.15, -0.1) is 0 Å². The van der Waals surface area contributed by atoms with Gasteiger partial charge in [-0.05, 0) is 38.9 Å². The van der Waals surface area contributed by atoms with Crippen molar-refractivity contribution in [1.29, 1.82) is 0 Å². The smallest absolute Gasteiger partial charge is 0.0528 e. The third kappa shape index (κ3) is 4.21. The maximum absolute atomic E-state index is 2.70. The Hall–Kier alpha value is 0.177. The van der Waals surface area contributed by atoms with Gasteiger partial charge in [-0.1, -0.05) is 51.4 Å². The Balaban J connectivity index is 2.21. The molecule has 1 heterocycles. The Labute approximate surface area is 104 Å².